The highest BCUT2D eigenvalue weighted by Crippen LogP contribution is 2.12. The number of nitrogens with zero attached hydrogens (tertiary/aromatic N) is 4. The Hall–Kier alpha value is -3.35. The Morgan fingerprint density at radius 3 is 2.09 bits per heavy atom. The number of benzene rings is 2. The number of para-hydroxylation sites is 1. The predicted molar refractivity (Wildman–Crippen MR) is 80.3 cm³/mol. The molecule has 0 aliphatic carbocycles. The first-order valence-electron chi connectivity index (χ1n) is 6.82. The van der Waals surface area contributed by atoms with Gasteiger partial charge in [-0.1, -0.05) is 48.5 Å². The molecule has 7 nitrogen and oxygen atoms in total. The second-order valence-corrected chi connectivity index (χ2v) is 4.46. The van der Waals surface area contributed by atoms with Crippen LogP contribution in [0.15, 0.2) is 60.7 Å². The number of aromatic nitrogens is 4. The van der Waals surface area contributed by atoms with Crippen LogP contribution in [-0.4, -0.2) is 26.6 Å². The summed E-state index contributed by atoms with van der Waals surface area (Å²) in [6.07, 6.45) is -0.841. The van der Waals surface area contributed by atoms with Crippen LogP contribution in [0.25, 0.3) is 11.4 Å². The maximum Gasteiger partial charge on any atom is 0.514 e. The molecule has 0 saturated heterocycles. The van der Waals surface area contributed by atoms with Crippen LogP contribution >= 0.6 is 0 Å². The van der Waals surface area contributed by atoms with Gasteiger partial charge in [-0.05, 0) is 12.1 Å². The first-order valence-corrected chi connectivity index (χ1v) is 6.82. The lowest BCUT2D eigenvalue weighted by Gasteiger charge is -2.04. The van der Waals surface area contributed by atoms with Gasteiger partial charge >= 0.3 is 6.16 Å². The average Bonchev–Trinajstić information content (AvgIpc) is 2.62. The summed E-state index contributed by atoms with van der Waals surface area (Å²) in [5.74, 6) is 0.991. The number of carbonyl (C=O) groups excluding carboxylic acids is 1. The van der Waals surface area contributed by atoms with E-state index in [1.54, 1.807) is 24.3 Å². The fraction of sp³-hybridized carbons (Fsp3) is 0.0625. The lowest BCUT2D eigenvalue weighted by Crippen LogP contribution is -2.13. The summed E-state index contributed by atoms with van der Waals surface area (Å²) in [6, 6.07) is 18.0. The minimum atomic E-state index is -0.841. The summed E-state index contributed by atoms with van der Waals surface area (Å²) in [4.78, 5) is 11.5. The van der Waals surface area contributed by atoms with E-state index < -0.39 is 6.16 Å². The van der Waals surface area contributed by atoms with E-state index >= 15 is 0 Å². The van der Waals surface area contributed by atoms with Crippen LogP contribution in [0.4, 0.5) is 4.79 Å². The van der Waals surface area contributed by atoms with Gasteiger partial charge in [-0.3, -0.25) is 0 Å². The van der Waals surface area contributed by atoms with E-state index in [4.69, 9.17) is 9.47 Å². The van der Waals surface area contributed by atoms with E-state index in [9.17, 15) is 4.79 Å². The lowest BCUT2D eigenvalue weighted by molar-refractivity contribution is 0.0898. The molecule has 114 valence electrons. The second kappa shape index (κ2) is 7.08. The quantitative estimate of drug-likeness (QED) is 0.541. The zero-order valence-corrected chi connectivity index (χ0v) is 12.0. The molecular weight excluding hydrogens is 296 g/mol. The van der Waals surface area contributed by atoms with Gasteiger partial charge < -0.3 is 9.47 Å². The lowest BCUT2D eigenvalue weighted by atomic mass is 10.2. The molecule has 0 aliphatic rings. The van der Waals surface area contributed by atoms with Gasteiger partial charge in [0.05, 0.1) is 0 Å². The van der Waals surface area contributed by atoms with E-state index in [1.165, 1.54) is 0 Å². The molecule has 0 unspecified atom stereocenters. The molecule has 0 spiro atoms. The van der Waals surface area contributed by atoms with E-state index in [2.05, 4.69) is 20.4 Å². The van der Waals surface area contributed by atoms with E-state index in [1.807, 2.05) is 36.4 Å². The molecule has 0 amide bonds. The molecule has 0 aliphatic heterocycles. The van der Waals surface area contributed by atoms with Crippen molar-refractivity contribution in [3.63, 3.8) is 0 Å². The van der Waals surface area contributed by atoms with Gasteiger partial charge in [-0.2, -0.15) is 0 Å². The van der Waals surface area contributed by atoms with Crippen LogP contribution in [-0.2, 0) is 11.3 Å². The maximum atomic E-state index is 11.5. The van der Waals surface area contributed by atoms with Crippen molar-refractivity contribution >= 4 is 6.16 Å². The Morgan fingerprint density at radius 2 is 1.43 bits per heavy atom. The van der Waals surface area contributed by atoms with E-state index in [-0.39, 0.29) is 12.4 Å². The third-order valence-corrected chi connectivity index (χ3v) is 2.82. The Morgan fingerprint density at radius 1 is 0.826 bits per heavy atom. The number of hydrogen-bond acceptors (Lipinski definition) is 7. The topological polar surface area (TPSA) is 87.1 Å². The van der Waals surface area contributed by atoms with Gasteiger partial charge in [0.15, 0.2) is 6.61 Å². The maximum absolute atomic E-state index is 11.5. The molecule has 2 aromatic carbocycles. The molecule has 0 N–H and O–H groups in total. The van der Waals surface area contributed by atoms with Crippen molar-refractivity contribution in [2.45, 2.75) is 6.61 Å². The molecule has 23 heavy (non-hydrogen) atoms. The zero-order valence-electron chi connectivity index (χ0n) is 12.0. The van der Waals surface area contributed by atoms with Crippen molar-refractivity contribution in [1.82, 2.24) is 20.4 Å². The Kier molecular flexibility index (Phi) is 4.49. The highest BCUT2D eigenvalue weighted by Gasteiger charge is 2.09. The van der Waals surface area contributed by atoms with Crippen LogP contribution in [0, 0.1) is 0 Å². The summed E-state index contributed by atoms with van der Waals surface area (Å²) in [6.45, 7) is -0.166. The second-order valence-electron chi connectivity index (χ2n) is 4.46. The van der Waals surface area contributed by atoms with Gasteiger partial charge in [0, 0.05) is 5.56 Å². The Balaban J connectivity index is 1.55. The summed E-state index contributed by atoms with van der Waals surface area (Å²) in [5, 5.41) is 15.7. The molecule has 7 heteroatoms. The summed E-state index contributed by atoms with van der Waals surface area (Å²) < 4.78 is 9.88. The molecule has 0 fully saturated rings. The largest absolute Gasteiger partial charge is 0.514 e. The van der Waals surface area contributed by atoms with Gasteiger partial charge in [0.25, 0.3) is 0 Å². The monoisotopic (exact) mass is 308 g/mol. The highest BCUT2D eigenvalue weighted by atomic mass is 16.7. The highest BCUT2D eigenvalue weighted by molar-refractivity contribution is 5.63. The molecule has 3 rings (SSSR count). The Labute approximate surface area is 131 Å². The number of rotatable bonds is 4. The van der Waals surface area contributed by atoms with Crippen molar-refractivity contribution < 1.29 is 14.3 Å². The van der Waals surface area contributed by atoms with E-state index in [0.717, 1.165) is 5.56 Å². The minimum Gasteiger partial charge on any atom is -0.426 e. The predicted octanol–water partition coefficient (Wildman–Crippen LogP) is 2.65. The van der Waals surface area contributed by atoms with Crippen molar-refractivity contribution in [1.29, 1.82) is 0 Å². The third kappa shape index (κ3) is 4.07. The van der Waals surface area contributed by atoms with Crippen molar-refractivity contribution in [2.24, 2.45) is 0 Å². The SMILES string of the molecule is O=C(OCc1nnc(-c2ccccc2)nn1)Oc1ccccc1. The molecule has 0 atom stereocenters. The van der Waals surface area contributed by atoms with Crippen molar-refractivity contribution in [3.8, 4) is 17.1 Å². The molecule has 1 aromatic heterocycles. The number of ether oxygens (including phenoxy) is 2. The molecule has 3 aromatic rings. The third-order valence-electron chi connectivity index (χ3n) is 2.82. The normalized spacial score (nSPS) is 10.1. The standard InChI is InChI=1S/C16H12N4O3/c21-16(23-13-9-5-2-6-10-13)22-11-14-17-19-15(20-18-14)12-7-3-1-4-8-12/h1-10H,11H2. The van der Waals surface area contributed by atoms with Crippen LogP contribution in [0.1, 0.15) is 5.82 Å². The summed E-state index contributed by atoms with van der Waals surface area (Å²) in [5.41, 5.74) is 0.809. The fourth-order valence-electron chi connectivity index (χ4n) is 1.75. The first kappa shape index (κ1) is 14.6. The van der Waals surface area contributed by atoms with Crippen LogP contribution < -0.4 is 4.74 Å². The summed E-state index contributed by atoms with van der Waals surface area (Å²) in [7, 11) is 0. The fourth-order valence-corrected chi connectivity index (χ4v) is 1.75. The average molecular weight is 308 g/mol. The molecule has 0 bridgehead atoms. The van der Waals surface area contributed by atoms with Gasteiger partial charge in [-0.25, -0.2) is 4.79 Å². The summed E-state index contributed by atoms with van der Waals surface area (Å²) >= 11 is 0. The van der Waals surface area contributed by atoms with Gasteiger partial charge in [0.2, 0.25) is 11.6 Å². The molecular formula is C16H12N4O3. The smallest absolute Gasteiger partial charge is 0.426 e. The van der Waals surface area contributed by atoms with Crippen LogP contribution in [0.3, 0.4) is 0 Å². The Bertz CT molecular complexity index is 764. The minimum absolute atomic E-state index is 0.166. The molecule has 0 radical (unpaired) electrons. The van der Waals surface area contributed by atoms with Crippen LogP contribution in [0.2, 0.25) is 0 Å². The van der Waals surface area contributed by atoms with Gasteiger partial charge in [-0.15, -0.1) is 20.4 Å². The van der Waals surface area contributed by atoms with Crippen molar-refractivity contribution in [3.05, 3.63) is 66.5 Å². The first-order chi connectivity index (χ1) is 11.3. The van der Waals surface area contributed by atoms with Crippen LogP contribution in [0.5, 0.6) is 5.75 Å². The molecule has 1 heterocycles. The zero-order chi connectivity index (χ0) is 15.9. The van der Waals surface area contributed by atoms with Crippen molar-refractivity contribution in [2.75, 3.05) is 0 Å². The number of carbonyl (C=O) groups is 1. The van der Waals surface area contributed by atoms with Gasteiger partial charge in [0.1, 0.15) is 5.75 Å². The molecule has 0 saturated carbocycles. The number of hydrogen-bond donors (Lipinski definition) is 0. The van der Waals surface area contributed by atoms with E-state index in [0.29, 0.717) is 11.6 Å².